The van der Waals surface area contributed by atoms with E-state index in [4.69, 9.17) is 0 Å². The van der Waals surface area contributed by atoms with Gasteiger partial charge in [0.1, 0.15) is 0 Å². The average Bonchev–Trinajstić information content (AvgIpc) is 2.64. The lowest BCUT2D eigenvalue weighted by atomic mass is 9.94. The zero-order chi connectivity index (χ0) is 12.2. The van der Waals surface area contributed by atoms with Crippen molar-refractivity contribution in [3.05, 3.63) is 18.0 Å². The monoisotopic (exact) mass is 225 g/mol. The van der Waals surface area contributed by atoms with Crippen LogP contribution in [0.4, 0.5) is 0 Å². The number of carbonyl (C=O) groups excluding carboxylic acids is 1. The largest absolute Gasteiger partial charge is 0.388 e. The smallest absolute Gasteiger partial charge is 0.254 e. The molecule has 0 fully saturated rings. The molecule has 1 amide bonds. The Morgan fingerprint density at radius 2 is 2.38 bits per heavy atom. The minimum Gasteiger partial charge on any atom is -0.388 e. The lowest BCUT2D eigenvalue weighted by Gasteiger charge is -2.25. The van der Waals surface area contributed by atoms with Crippen molar-refractivity contribution in [1.29, 1.82) is 0 Å². The number of H-pyrrole nitrogens is 1. The van der Waals surface area contributed by atoms with Crippen molar-refractivity contribution in [1.82, 2.24) is 15.5 Å². The molecule has 1 aromatic rings. The van der Waals surface area contributed by atoms with Crippen LogP contribution in [0.5, 0.6) is 0 Å². The Morgan fingerprint density at radius 1 is 1.69 bits per heavy atom. The number of hydrogen-bond acceptors (Lipinski definition) is 3. The minimum absolute atomic E-state index is 0.224. The maximum Gasteiger partial charge on any atom is 0.254 e. The van der Waals surface area contributed by atoms with Crippen LogP contribution in [0.1, 0.15) is 37.6 Å². The SMILES string of the molecule is CC(C)CC(C)(O)CNC(=O)c1cn[nH]c1. The molecule has 1 heterocycles. The standard InChI is InChI=1S/C11H19N3O2/c1-8(2)4-11(3,16)7-12-10(15)9-5-13-14-6-9/h5-6,8,16H,4,7H2,1-3H3,(H,12,15)(H,13,14). The summed E-state index contributed by atoms with van der Waals surface area (Å²) in [6.45, 7) is 6.04. The summed E-state index contributed by atoms with van der Waals surface area (Å²) in [4.78, 5) is 11.6. The Labute approximate surface area is 95.3 Å². The number of amides is 1. The Hall–Kier alpha value is -1.36. The molecule has 0 aliphatic rings. The van der Waals surface area contributed by atoms with Gasteiger partial charge in [0.05, 0.1) is 17.4 Å². The van der Waals surface area contributed by atoms with E-state index in [1.54, 1.807) is 6.92 Å². The molecular weight excluding hydrogens is 206 g/mol. The van der Waals surface area contributed by atoms with E-state index in [-0.39, 0.29) is 12.5 Å². The van der Waals surface area contributed by atoms with E-state index in [2.05, 4.69) is 15.5 Å². The second-order valence-corrected chi connectivity index (χ2v) is 4.76. The number of hydrogen-bond donors (Lipinski definition) is 3. The molecule has 1 unspecified atom stereocenters. The fourth-order valence-corrected chi connectivity index (χ4v) is 1.70. The van der Waals surface area contributed by atoms with Crippen molar-refractivity contribution in [2.45, 2.75) is 32.8 Å². The van der Waals surface area contributed by atoms with Gasteiger partial charge < -0.3 is 10.4 Å². The lowest BCUT2D eigenvalue weighted by Crippen LogP contribution is -2.41. The topological polar surface area (TPSA) is 78.0 Å². The lowest BCUT2D eigenvalue weighted by molar-refractivity contribution is 0.0368. The molecule has 1 atom stereocenters. The Kier molecular flexibility index (Phi) is 4.06. The molecule has 0 aliphatic heterocycles. The summed E-state index contributed by atoms with van der Waals surface area (Å²) >= 11 is 0. The highest BCUT2D eigenvalue weighted by Gasteiger charge is 2.22. The number of carbonyl (C=O) groups is 1. The average molecular weight is 225 g/mol. The quantitative estimate of drug-likeness (QED) is 0.697. The van der Waals surface area contributed by atoms with Crippen LogP contribution in [0.3, 0.4) is 0 Å². The van der Waals surface area contributed by atoms with Crippen LogP contribution in [-0.2, 0) is 0 Å². The van der Waals surface area contributed by atoms with Crippen molar-refractivity contribution < 1.29 is 9.90 Å². The number of nitrogens with one attached hydrogen (secondary N) is 2. The van der Waals surface area contributed by atoms with Crippen LogP contribution < -0.4 is 5.32 Å². The maximum atomic E-state index is 11.6. The first-order valence-corrected chi connectivity index (χ1v) is 5.40. The highest BCUT2D eigenvalue weighted by atomic mass is 16.3. The summed E-state index contributed by atoms with van der Waals surface area (Å²) in [5, 5.41) is 18.9. The molecule has 0 radical (unpaired) electrons. The van der Waals surface area contributed by atoms with Crippen LogP contribution in [0.15, 0.2) is 12.4 Å². The van der Waals surface area contributed by atoms with Gasteiger partial charge in [0, 0.05) is 12.7 Å². The molecule has 0 aromatic carbocycles. The van der Waals surface area contributed by atoms with Gasteiger partial charge in [-0.2, -0.15) is 5.10 Å². The number of aromatic nitrogens is 2. The van der Waals surface area contributed by atoms with Gasteiger partial charge in [-0.1, -0.05) is 13.8 Å². The number of aromatic amines is 1. The molecule has 0 spiro atoms. The van der Waals surface area contributed by atoms with Gasteiger partial charge in [0.25, 0.3) is 5.91 Å². The van der Waals surface area contributed by atoms with Crippen molar-refractivity contribution in [3.8, 4) is 0 Å². The first-order chi connectivity index (χ1) is 7.41. The molecule has 5 nitrogen and oxygen atoms in total. The molecule has 90 valence electrons. The van der Waals surface area contributed by atoms with Gasteiger partial charge in [0.2, 0.25) is 0 Å². The van der Waals surface area contributed by atoms with E-state index in [1.807, 2.05) is 13.8 Å². The highest BCUT2D eigenvalue weighted by molar-refractivity contribution is 5.93. The van der Waals surface area contributed by atoms with E-state index in [0.29, 0.717) is 17.9 Å². The fourth-order valence-electron chi connectivity index (χ4n) is 1.70. The van der Waals surface area contributed by atoms with Crippen LogP contribution >= 0.6 is 0 Å². The first-order valence-electron chi connectivity index (χ1n) is 5.40. The molecule has 0 aliphatic carbocycles. The summed E-state index contributed by atoms with van der Waals surface area (Å²) < 4.78 is 0. The molecule has 1 rings (SSSR count). The zero-order valence-corrected chi connectivity index (χ0v) is 9.95. The first kappa shape index (κ1) is 12.7. The van der Waals surface area contributed by atoms with E-state index < -0.39 is 5.60 Å². The summed E-state index contributed by atoms with van der Waals surface area (Å²) in [6.07, 6.45) is 3.62. The van der Waals surface area contributed by atoms with Gasteiger partial charge >= 0.3 is 0 Å². The number of nitrogens with zero attached hydrogens (tertiary/aromatic N) is 1. The van der Waals surface area contributed by atoms with Crippen LogP contribution in [0, 0.1) is 5.92 Å². The number of rotatable bonds is 5. The van der Waals surface area contributed by atoms with Crippen LogP contribution in [0.2, 0.25) is 0 Å². The normalized spacial score (nSPS) is 14.8. The third kappa shape index (κ3) is 4.02. The second kappa shape index (κ2) is 5.12. The maximum absolute atomic E-state index is 11.6. The summed E-state index contributed by atoms with van der Waals surface area (Å²) in [7, 11) is 0. The van der Waals surface area contributed by atoms with E-state index >= 15 is 0 Å². The highest BCUT2D eigenvalue weighted by Crippen LogP contribution is 2.15. The molecule has 16 heavy (non-hydrogen) atoms. The molecule has 5 heteroatoms. The van der Waals surface area contributed by atoms with Gasteiger partial charge in [0.15, 0.2) is 0 Å². The van der Waals surface area contributed by atoms with Crippen molar-refractivity contribution >= 4 is 5.91 Å². The fraction of sp³-hybridized carbons (Fsp3) is 0.636. The van der Waals surface area contributed by atoms with Gasteiger partial charge in [-0.3, -0.25) is 9.89 Å². The third-order valence-electron chi connectivity index (χ3n) is 2.24. The molecule has 3 N–H and O–H groups in total. The van der Waals surface area contributed by atoms with Crippen LogP contribution in [-0.4, -0.2) is 33.4 Å². The minimum atomic E-state index is -0.867. The predicted octanol–water partition coefficient (Wildman–Crippen LogP) is 0.937. The predicted molar refractivity (Wildman–Crippen MR) is 61.0 cm³/mol. The van der Waals surface area contributed by atoms with Crippen molar-refractivity contribution in [3.63, 3.8) is 0 Å². The molecule has 0 saturated carbocycles. The summed E-state index contributed by atoms with van der Waals surface area (Å²) in [5.41, 5.74) is -0.395. The van der Waals surface area contributed by atoms with Gasteiger partial charge in [-0.25, -0.2) is 0 Å². The van der Waals surface area contributed by atoms with Gasteiger partial charge in [-0.15, -0.1) is 0 Å². The summed E-state index contributed by atoms with van der Waals surface area (Å²) in [5.74, 6) is 0.165. The molecule has 0 saturated heterocycles. The third-order valence-corrected chi connectivity index (χ3v) is 2.24. The molecule has 1 aromatic heterocycles. The second-order valence-electron chi connectivity index (χ2n) is 4.76. The molecular formula is C11H19N3O2. The van der Waals surface area contributed by atoms with Crippen molar-refractivity contribution in [2.75, 3.05) is 6.54 Å². The Balaban J connectivity index is 2.42. The zero-order valence-electron chi connectivity index (χ0n) is 9.95. The Bertz CT molecular complexity index is 331. The van der Waals surface area contributed by atoms with Crippen molar-refractivity contribution in [2.24, 2.45) is 5.92 Å². The van der Waals surface area contributed by atoms with Gasteiger partial charge in [-0.05, 0) is 19.3 Å². The van der Waals surface area contributed by atoms with E-state index in [9.17, 15) is 9.90 Å². The summed E-state index contributed by atoms with van der Waals surface area (Å²) in [6, 6.07) is 0. The van der Waals surface area contributed by atoms with E-state index in [0.717, 1.165) is 0 Å². The number of aliphatic hydroxyl groups is 1. The Morgan fingerprint density at radius 3 is 2.88 bits per heavy atom. The molecule has 0 bridgehead atoms. The van der Waals surface area contributed by atoms with E-state index in [1.165, 1.54) is 12.4 Å². The van der Waals surface area contributed by atoms with Crippen LogP contribution in [0.25, 0.3) is 0 Å².